The monoisotopic (exact) mass is 336 g/mol. The predicted octanol–water partition coefficient (Wildman–Crippen LogP) is 3.32. The highest BCUT2D eigenvalue weighted by Crippen LogP contribution is 2.27. The molecule has 2 rings (SSSR count). The van der Waals surface area contributed by atoms with Gasteiger partial charge in [-0.2, -0.15) is 0 Å². The second-order valence-electron chi connectivity index (χ2n) is 5.02. The Bertz CT molecular complexity index is 702. The number of carbonyl (C=O) groups is 2. The number of aliphatic carboxylic acids is 1. The molecule has 0 saturated carbocycles. The van der Waals surface area contributed by atoms with Gasteiger partial charge in [0.25, 0.3) is 5.91 Å². The molecule has 0 unspecified atom stereocenters. The van der Waals surface area contributed by atoms with Crippen molar-refractivity contribution in [3.63, 3.8) is 0 Å². The van der Waals surface area contributed by atoms with Gasteiger partial charge in [0.15, 0.2) is 0 Å². The fraction of sp³-hybridized carbons (Fsp3) is 0.312. The Morgan fingerprint density at radius 3 is 2.78 bits per heavy atom. The molecule has 0 spiro atoms. The van der Waals surface area contributed by atoms with Gasteiger partial charge < -0.3 is 10.4 Å². The lowest BCUT2D eigenvalue weighted by Crippen LogP contribution is -2.40. The minimum absolute atomic E-state index is 0.256. The van der Waals surface area contributed by atoms with Gasteiger partial charge in [-0.05, 0) is 18.6 Å². The SMILES string of the molecule is CCCC[C@H](NC(=O)c1cnc(-c2ccccc2F)s1)C(=O)O. The van der Waals surface area contributed by atoms with Crippen molar-refractivity contribution < 1.29 is 19.1 Å². The van der Waals surface area contributed by atoms with Crippen LogP contribution in [0.3, 0.4) is 0 Å². The zero-order valence-electron chi connectivity index (χ0n) is 12.6. The standard InChI is InChI=1S/C16H17FN2O3S/c1-2-3-8-12(16(21)22)19-14(20)13-9-18-15(23-13)10-6-4-5-7-11(10)17/h4-7,9,12H,2-3,8H2,1H3,(H,19,20)(H,21,22)/t12-/m0/s1. The highest BCUT2D eigenvalue weighted by Gasteiger charge is 2.21. The minimum Gasteiger partial charge on any atom is -0.480 e. The van der Waals surface area contributed by atoms with E-state index in [4.69, 9.17) is 5.11 Å². The Kier molecular flexibility index (Phi) is 5.81. The summed E-state index contributed by atoms with van der Waals surface area (Å²) in [5.74, 6) is -1.99. The van der Waals surface area contributed by atoms with Crippen molar-refractivity contribution in [2.75, 3.05) is 0 Å². The van der Waals surface area contributed by atoms with E-state index in [0.717, 1.165) is 17.8 Å². The molecule has 0 aliphatic carbocycles. The fourth-order valence-corrected chi connectivity index (χ4v) is 2.88. The average molecular weight is 336 g/mol. The van der Waals surface area contributed by atoms with Crippen LogP contribution in [0.2, 0.25) is 0 Å². The fourth-order valence-electron chi connectivity index (χ4n) is 2.03. The number of nitrogens with one attached hydrogen (secondary N) is 1. The molecule has 5 nitrogen and oxygen atoms in total. The number of halogens is 1. The van der Waals surface area contributed by atoms with Gasteiger partial charge in [0.1, 0.15) is 21.7 Å². The van der Waals surface area contributed by atoms with E-state index in [-0.39, 0.29) is 4.88 Å². The Labute approximate surface area is 137 Å². The van der Waals surface area contributed by atoms with Gasteiger partial charge in [-0.1, -0.05) is 31.9 Å². The first-order valence-electron chi connectivity index (χ1n) is 7.27. The Hall–Kier alpha value is -2.28. The van der Waals surface area contributed by atoms with Crippen LogP contribution in [0, 0.1) is 5.82 Å². The molecule has 122 valence electrons. The van der Waals surface area contributed by atoms with E-state index in [1.165, 1.54) is 12.3 Å². The third-order valence-electron chi connectivity index (χ3n) is 3.28. The van der Waals surface area contributed by atoms with Gasteiger partial charge in [-0.3, -0.25) is 4.79 Å². The minimum atomic E-state index is -1.06. The van der Waals surface area contributed by atoms with E-state index in [2.05, 4.69) is 10.3 Å². The van der Waals surface area contributed by atoms with Crippen LogP contribution in [0.4, 0.5) is 4.39 Å². The Morgan fingerprint density at radius 2 is 2.13 bits per heavy atom. The van der Waals surface area contributed by atoms with E-state index < -0.39 is 23.7 Å². The number of thiazole rings is 1. The van der Waals surface area contributed by atoms with E-state index in [1.54, 1.807) is 18.2 Å². The second kappa shape index (κ2) is 7.82. The molecule has 1 amide bonds. The maximum atomic E-state index is 13.7. The maximum absolute atomic E-state index is 13.7. The normalized spacial score (nSPS) is 11.9. The number of nitrogens with zero attached hydrogens (tertiary/aromatic N) is 1. The molecule has 7 heteroatoms. The Balaban J connectivity index is 2.12. The number of aromatic nitrogens is 1. The molecule has 0 aliphatic rings. The smallest absolute Gasteiger partial charge is 0.326 e. The van der Waals surface area contributed by atoms with Crippen molar-refractivity contribution in [2.45, 2.75) is 32.2 Å². The summed E-state index contributed by atoms with van der Waals surface area (Å²) in [7, 11) is 0. The van der Waals surface area contributed by atoms with E-state index in [9.17, 15) is 14.0 Å². The molecule has 2 aromatic rings. The van der Waals surface area contributed by atoms with Crippen molar-refractivity contribution in [1.82, 2.24) is 10.3 Å². The highest BCUT2D eigenvalue weighted by molar-refractivity contribution is 7.16. The third-order valence-corrected chi connectivity index (χ3v) is 4.31. The molecule has 23 heavy (non-hydrogen) atoms. The van der Waals surface area contributed by atoms with Crippen molar-refractivity contribution in [3.8, 4) is 10.6 Å². The Morgan fingerprint density at radius 1 is 1.39 bits per heavy atom. The summed E-state index contributed by atoms with van der Waals surface area (Å²) in [6, 6.07) is 5.23. The van der Waals surface area contributed by atoms with Crippen LogP contribution in [0.5, 0.6) is 0 Å². The number of benzene rings is 1. The van der Waals surface area contributed by atoms with Gasteiger partial charge in [0.2, 0.25) is 0 Å². The maximum Gasteiger partial charge on any atom is 0.326 e. The molecule has 0 bridgehead atoms. The highest BCUT2D eigenvalue weighted by atomic mass is 32.1. The number of hydrogen-bond donors (Lipinski definition) is 2. The molecule has 1 atom stereocenters. The van der Waals surface area contributed by atoms with Gasteiger partial charge in [-0.25, -0.2) is 14.2 Å². The first kappa shape index (κ1) is 17.1. The lowest BCUT2D eigenvalue weighted by atomic mass is 10.1. The van der Waals surface area contributed by atoms with Crippen LogP contribution in [0.15, 0.2) is 30.5 Å². The third kappa shape index (κ3) is 4.35. The molecule has 1 aromatic heterocycles. The topological polar surface area (TPSA) is 79.3 Å². The van der Waals surface area contributed by atoms with Crippen LogP contribution < -0.4 is 5.32 Å². The van der Waals surface area contributed by atoms with E-state index >= 15 is 0 Å². The average Bonchev–Trinajstić information content (AvgIpc) is 3.01. The second-order valence-corrected chi connectivity index (χ2v) is 6.05. The number of amides is 1. The van der Waals surface area contributed by atoms with Crippen molar-refractivity contribution in [1.29, 1.82) is 0 Å². The summed E-state index contributed by atoms with van der Waals surface area (Å²) in [5, 5.41) is 12.0. The number of carbonyl (C=O) groups excluding carboxylic acids is 1. The van der Waals surface area contributed by atoms with Crippen LogP contribution in [0.25, 0.3) is 10.6 Å². The van der Waals surface area contributed by atoms with Crippen LogP contribution >= 0.6 is 11.3 Å². The largest absolute Gasteiger partial charge is 0.480 e. The zero-order chi connectivity index (χ0) is 16.8. The lowest BCUT2D eigenvalue weighted by molar-refractivity contribution is -0.139. The van der Waals surface area contributed by atoms with Gasteiger partial charge in [-0.15, -0.1) is 11.3 Å². The van der Waals surface area contributed by atoms with Crippen LogP contribution in [0.1, 0.15) is 35.9 Å². The van der Waals surface area contributed by atoms with Crippen LogP contribution in [-0.2, 0) is 4.79 Å². The molecular weight excluding hydrogens is 319 g/mol. The van der Waals surface area contributed by atoms with E-state index in [0.29, 0.717) is 23.4 Å². The summed E-state index contributed by atoms with van der Waals surface area (Å²) in [6.45, 7) is 1.95. The first-order valence-corrected chi connectivity index (χ1v) is 8.09. The molecular formula is C16H17FN2O3S. The summed E-state index contributed by atoms with van der Waals surface area (Å²) in [4.78, 5) is 27.6. The van der Waals surface area contributed by atoms with Gasteiger partial charge in [0, 0.05) is 5.56 Å². The molecule has 0 fully saturated rings. The molecule has 0 aliphatic heterocycles. The summed E-state index contributed by atoms with van der Waals surface area (Å²) in [5.41, 5.74) is 0.317. The van der Waals surface area contributed by atoms with Gasteiger partial charge >= 0.3 is 5.97 Å². The quantitative estimate of drug-likeness (QED) is 0.813. The van der Waals surface area contributed by atoms with Crippen molar-refractivity contribution in [2.24, 2.45) is 0 Å². The molecule has 1 aromatic carbocycles. The number of carboxylic acids is 1. The summed E-state index contributed by atoms with van der Waals surface area (Å²) < 4.78 is 13.7. The number of rotatable bonds is 7. The molecule has 0 radical (unpaired) electrons. The molecule has 2 N–H and O–H groups in total. The number of carboxylic acid groups (broad SMARTS) is 1. The first-order chi connectivity index (χ1) is 11.0. The number of unbranched alkanes of at least 4 members (excludes halogenated alkanes) is 1. The van der Waals surface area contributed by atoms with E-state index in [1.807, 2.05) is 6.92 Å². The van der Waals surface area contributed by atoms with Crippen LogP contribution in [-0.4, -0.2) is 28.0 Å². The molecule has 0 saturated heterocycles. The predicted molar refractivity (Wildman–Crippen MR) is 85.9 cm³/mol. The summed E-state index contributed by atoms with van der Waals surface area (Å²) >= 11 is 1.03. The van der Waals surface area contributed by atoms with Gasteiger partial charge in [0.05, 0.1) is 6.20 Å². The van der Waals surface area contributed by atoms with Crippen molar-refractivity contribution in [3.05, 3.63) is 41.2 Å². The number of hydrogen-bond acceptors (Lipinski definition) is 4. The molecule has 1 heterocycles. The zero-order valence-corrected chi connectivity index (χ0v) is 13.4. The van der Waals surface area contributed by atoms with Crippen molar-refractivity contribution >= 4 is 23.2 Å². The lowest BCUT2D eigenvalue weighted by Gasteiger charge is -2.12. The summed E-state index contributed by atoms with van der Waals surface area (Å²) in [6.07, 6.45) is 3.26.